The summed E-state index contributed by atoms with van der Waals surface area (Å²) in [6, 6.07) is 16.6. The van der Waals surface area contributed by atoms with Gasteiger partial charge < -0.3 is 20.2 Å². The third kappa shape index (κ3) is 4.06. The number of H-pyrrole nitrogens is 1. The molecule has 0 amide bonds. The Hall–Kier alpha value is -4.44. The summed E-state index contributed by atoms with van der Waals surface area (Å²) >= 11 is 0. The normalized spacial score (nSPS) is 12.1. The summed E-state index contributed by atoms with van der Waals surface area (Å²) in [5, 5.41) is 27.8. The van der Waals surface area contributed by atoms with Crippen molar-refractivity contribution in [1.29, 1.82) is 0 Å². The van der Waals surface area contributed by atoms with Crippen molar-refractivity contribution >= 4 is 28.1 Å². The minimum atomic E-state index is -0.353. The van der Waals surface area contributed by atoms with Crippen molar-refractivity contribution in [3.8, 4) is 11.5 Å². The monoisotopic (exact) mass is 443 g/mol. The molecule has 10 nitrogen and oxygen atoms in total. The summed E-state index contributed by atoms with van der Waals surface area (Å²) in [7, 11) is 1.78. The van der Waals surface area contributed by atoms with Crippen molar-refractivity contribution in [3.05, 3.63) is 83.1 Å². The molecule has 0 aliphatic rings. The van der Waals surface area contributed by atoms with Crippen LogP contribution in [-0.2, 0) is 7.05 Å². The van der Waals surface area contributed by atoms with Crippen LogP contribution < -0.4 is 16.2 Å². The highest BCUT2D eigenvalue weighted by molar-refractivity contribution is 5.83. The molecule has 3 heterocycles. The smallest absolute Gasteiger partial charge is 0.271 e. The molecule has 0 saturated carbocycles. The molecule has 5 aromatic rings. The van der Waals surface area contributed by atoms with Gasteiger partial charge >= 0.3 is 0 Å². The molecule has 0 radical (unpaired) electrons. The molecule has 0 spiro atoms. The predicted octanol–water partition coefficient (Wildman–Crippen LogP) is 3.20. The van der Waals surface area contributed by atoms with Gasteiger partial charge in [0, 0.05) is 25.0 Å². The molecule has 1 atom stereocenters. The van der Waals surface area contributed by atoms with E-state index in [1.807, 2.05) is 48.5 Å². The largest absolute Gasteiger partial charge is 0.423 e. The van der Waals surface area contributed by atoms with E-state index in [9.17, 15) is 9.90 Å². The van der Waals surface area contributed by atoms with Crippen molar-refractivity contribution in [2.24, 2.45) is 7.05 Å². The second-order valence-corrected chi connectivity index (χ2v) is 7.51. The Bertz CT molecular complexity index is 1440. The van der Waals surface area contributed by atoms with Gasteiger partial charge in [-0.1, -0.05) is 30.3 Å². The number of nitrogens with zero attached hydrogens (tertiary/aromatic N) is 4. The Balaban J connectivity index is 1.50. The molecule has 166 valence electrons. The van der Waals surface area contributed by atoms with Crippen LogP contribution >= 0.6 is 0 Å². The van der Waals surface area contributed by atoms with Gasteiger partial charge in [0.05, 0.1) is 34.8 Å². The van der Waals surface area contributed by atoms with E-state index >= 15 is 0 Å². The topological polar surface area (TPSA) is 134 Å². The summed E-state index contributed by atoms with van der Waals surface area (Å²) in [6.45, 7) is -0.115. The van der Waals surface area contributed by atoms with Gasteiger partial charge in [-0.15, -0.1) is 10.2 Å². The van der Waals surface area contributed by atoms with Crippen LogP contribution in [0.1, 0.15) is 11.6 Å². The number of aliphatic hydroxyl groups is 1. The summed E-state index contributed by atoms with van der Waals surface area (Å²) in [6.07, 6.45) is 2.88. The number of aromatic nitrogens is 5. The van der Waals surface area contributed by atoms with E-state index < -0.39 is 0 Å². The van der Waals surface area contributed by atoms with E-state index in [2.05, 4.69) is 30.9 Å². The van der Waals surface area contributed by atoms with Crippen LogP contribution in [-0.4, -0.2) is 36.7 Å². The second-order valence-electron chi connectivity index (χ2n) is 7.51. The lowest BCUT2D eigenvalue weighted by molar-refractivity contribution is 0.276. The standard InChI is InChI=1S/C23H21N7O3/c1-30-20-9-15(7-8-16(20)22(32)29-30)26-21-10-18(17(11-24-21)23-28-25-13-33-23)27-19(12-31)14-5-3-2-4-6-14/h2-11,13,19,31H,12H2,1H3,(H,29,32)(H2,24,26,27)/t19-/m1/s1. The van der Waals surface area contributed by atoms with Gasteiger partial charge in [0.15, 0.2) is 0 Å². The van der Waals surface area contributed by atoms with Crippen molar-refractivity contribution < 1.29 is 9.52 Å². The predicted molar refractivity (Wildman–Crippen MR) is 124 cm³/mol. The van der Waals surface area contributed by atoms with Gasteiger partial charge in [-0.05, 0) is 23.8 Å². The Morgan fingerprint density at radius 1 is 1.18 bits per heavy atom. The first-order valence-corrected chi connectivity index (χ1v) is 10.3. The molecular weight excluding hydrogens is 422 g/mol. The first-order chi connectivity index (χ1) is 16.1. The van der Waals surface area contributed by atoms with Gasteiger partial charge in [-0.25, -0.2) is 4.98 Å². The molecule has 10 heteroatoms. The average molecular weight is 443 g/mol. The molecular formula is C23H21N7O3. The zero-order valence-electron chi connectivity index (χ0n) is 17.7. The number of fused-ring (bicyclic) bond motifs is 1. The van der Waals surface area contributed by atoms with E-state index in [1.54, 1.807) is 24.0 Å². The number of hydrogen-bond donors (Lipinski definition) is 4. The Labute approximate surface area is 187 Å². The van der Waals surface area contributed by atoms with E-state index in [0.29, 0.717) is 28.3 Å². The maximum atomic E-state index is 12.0. The second kappa shape index (κ2) is 8.60. The van der Waals surface area contributed by atoms with Crippen LogP contribution in [0.4, 0.5) is 17.2 Å². The molecule has 0 unspecified atom stereocenters. The third-order valence-corrected chi connectivity index (χ3v) is 5.35. The first kappa shape index (κ1) is 20.5. The van der Waals surface area contributed by atoms with Crippen LogP contribution in [0.3, 0.4) is 0 Å². The molecule has 0 aliphatic heterocycles. The summed E-state index contributed by atoms with van der Waals surface area (Å²) in [4.78, 5) is 16.4. The zero-order chi connectivity index (χ0) is 22.8. The van der Waals surface area contributed by atoms with E-state index in [1.165, 1.54) is 6.39 Å². The van der Waals surface area contributed by atoms with E-state index in [-0.39, 0.29) is 18.2 Å². The van der Waals surface area contributed by atoms with Crippen molar-refractivity contribution in [2.45, 2.75) is 6.04 Å². The van der Waals surface area contributed by atoms with Crippen LogP contribution in [0.15, 0.2) is 76.4 Å². The van der Waals surface area contributed by atoms with E-state index in [4.69, 9.17) is 4.42 Å². The molecule has 0 aliphatic carbocycles. The number of pyridine rings is 1. The fraction of sp³-hybridized carbons (Fsp3) is 0.130. The quantitative estimate of drug-likeness (QED) is 0.301. The minimum absolute atomic E-state index is 0.115. The fourth-order valence-electron chi connectivity index (χ4n) is 3.71. The average Bonchev–Trinajstić information content (AvgIpc) is 3.46. The van der Waals surface area contributed by atoms with Gasteiger partial charge in [0.1, 0.15) is 5.82 Å². The third-order valence-electron chi connectivity index (χ3n) is 5.35. The number of nitrogens with one attached hydrogen (secondary N) is 3. The summed E-state index contributed by atoms with van der Waals surface area (Å²) in [5.74, 6) is 0.871. The molecule has 33 heavy (non-hydrogen) atoms. The highest BCUT2D eigenvalue weighted by Crippen LogP contribution is 2.32. The van der Waals surface area contributed by atoms with Crippen molar-refractivity contribution in [2.75, 3.05) is 17.2 Å². The fourth-order valence-corrected chi connectivity index (χ4v) is 3.71. The first-order valence-electron chi connectivity index (χ1n) is 10.3. The number of aryl methyl sites for hydroxylation is 1. The lowest BCUT2D eigenvalue weighted by Gasteiger charge is -2.20. The summed E-state index contributed by atoms with van der Waals surface area (Å²) in [5.41, 5.74) is 3.61. The highest BCUT2D eigenvalue weighted by atomic mass is 16.4. The van der Waals surface area contributed by atoms with Crippen LogP contribution in [0, 0.1) is 0 Å². The Morgan fingerprint density at radius 2 is 2.03 bits per heavy atom. The molecule has 3 aromatic heterocycles. The van der Waals surface area contributed by atoms with Gasteiger partial charge in [-0.3, -0.25) is 14.6 Å². The number of anilines is 3. The number of aromatic amines is 1. The SMILES string of the molecule is Cn1[nH]c(=O)c2ccc(Nc3cc(N[C@H](CO)c4ccccc4)c(-c4nnco4)cn3)cc21. The minimum Gasteiger partial charge on any atom is -0.423 e. The van der Waals surface area contributed by atoms with Gasteiger partial charge in [0.25, 0.3) is 11.4 Å². The molecule has 4 N–H and O–H groups in total. The lowest BCUT2D eigenvalue weighted by Crippen LogP contribution is -2.15. The zero-order valence-corrected chi connectivity index (χ0v) is 17.7. The number of rotatable bonds is 7. The highest BCUT2D eigenvalue weighted by Gasteiger charge is 2.17. The van der Waals surface area contributed by atoms with E-state index in [0.717, 1.165) is 16.8 Å². The Kier molecular flexibility index (Phi) is 5.33. The molecule has 0 fully saturated rings. The molecule has 0 bridgehead atoms. The van der Waals surface area contributed by atoms with Gasteiger partial charge in [-0.2, -0.15) is 0 Å². The summed E-state index contributed by atoms with van der Waals surface area (Å²) < 4.78 is 7.06. The van der Waals surface area contributed by atoms with Gasteiger partial charge in [0.2, 0.25) is 6.39 Å². The molecule has 2 aromatic carbocycles. The van der Waals surface area contributed by atoms with Crippen molar-refractivity contribution in [1.82, 2.24) is 25.0 Å². The van der Waals surface area contributed by atoms with Crippen LogP contribution in [0.5, 0.6) is 0 Å². The van der Waals surface area contributed by atoms with Crippen LogP contribution in [0.25, 0.3) is 22.4 Å². The molecule has 5 rings (SSSR count). The maximum Gasteiger partial charge on any atom is 0.271 e. The maximum absolute atomic E-state index is 12.0. The number of hydrogen-bond acceptors (Lipinski definition) is 8. The lowest BCUT2D eigenvalue weighted by atomic mass is 10.1. The number of benzene rings is 2. The van der Waals surface area contributed by atoms with Crippen LogP contribution in [0.2, 0.25) is 0 Å². The molecule has 0 saturated heterocycles. The van der Waals surface area contributed by atoms with Crippen molar-refractivity contribution in [3.63, 3.8) is 0 Å². The number of aliphatic hydroxyl groups excluding tert-OH is 1. The Morgan fingerprint density at radius 3 is 2.79 bits per heavy atom.